The summed E-state index contributed by atoms with van der Waals surface area (Å²) < 4.78 is 7.70. The van der Waals surface area contributed by atoms with E-state index < -0.39 is 0 Å². The Labute approximate surface area is 137 Å². The van der Waals surface area contributed by atoms with Crippen molar-refractivity contribution in [3.8, 4) is 0 Å². The lowest BCUT2D eigenvalue weighted by Crippen LogP contribution is -2.72. The Hall–Kier alpha value is -1.56. The van der Waals surface area contributed by atoms with Gasteiger partial charge in [-0.15, -0.1) is 0 Å². The molecule has 3 fully saturated rings. The lowest BCUT2D eigenvalue weighted by molar-refractivity contribution is -0.172. The van der Waals surface area contributed by atoms with Crippen molar-refractivity contribution < 1.29 is 9.53 Å². The van der Waals surface area contributed by atoms with Crippen LogP contribution in [-0.2, 0) is 11.8 Å². The molecule has 2 amide bonds. The first kappa shape index (κ1) is 15.0. The Balaban J connectivity index is 1.39. The van der Waals surface area contributed by atoms with Crippen molar-refractivity contribution in [2.24, 2.45) is 18.4 Å². The minimum absolute atomic E-state index is 0.0447. The molecule has 0 aromatic carbocycles. The van der Waals surface area contributed by atoms with Gasteiger partial charge in [-0.05, 0) is 33.1 Å². The van der Waals surface area contributed by atoms with E-state index in [1.807, 2.05) is 27.1 Å². The number of fused-ring (bicyclic) bond motifs is 2. The minimum atomic E-state index is -0.0672. The molecular formula is C17H26N4O2. The maximum Gasteiger partial charge on any atom is 0.315 e. The van der Waals surface area contributed by atoms with Crippen molar-refractivity contribution in [3.05, 3.63) is 17.5 Å². The van der Waals surface area contributed by atoms with E-state index in [4.69, 9.17) is 4.74 Å². The quantitative estimate of drug-likeness (QED) is 0.896. The number of nitrogens with zero attached hydrogens (tertiary/aromatic N) is 2. The van der Waals surface area contributed by atoms with Crippen LogP contribution in [0.5, 0.6) is 0 Å². The zero-order valence-electron chi connectivity index (χ0n) is 14.1. The summed E-state index contributed by atoms with van der Waals surface area (Å²) in [6, 6.07) is 0.171. The van der Waals surface area contributed by atoms with Gasteiger partial charge in [0.05, 0.1) is 17.8 Å². The van der Waals surface area contributed by atoms with Crippen LogP contribution in [0.25, 0.3) is 0 Å². The second kappa shape index (κ2) is 5.23. The maximum absolute atomic E-state index is 12.5. The Morgan fingerprint density at radius 3 is 2.91 bits per heavy atom. The van der Waals surface area contributed by atoms with Crippen LogP contribution in [0.4, 0.5) is 4.79 Å². The summed E-state index contributed by atoms with van der Waals surface area (Å²) in [7, 11) is 1.90. The first-order valence-corrected chi connectivity index (χ1v) is 8.70. The fraction of sp³-hybridized carbons (Fsp3) is 0.765. The first-order valence-electron chi connectivity index (χ1n) is 8.70. The van der Waals surface area contributed by atoms with Gasteiger partial charge >= 0.3 is 6.03 Å². The smallest absolute Gasteiger partial charge is 0.315 e. The highest BCUT2D eigenvalue weighted by atomic mass is 16.5. The fourth-order valence-corrected chi connectivity index (χ4v) is 4.96. The topological polar surface area (TPSA) is 68.2 Å². The molecule has 3 aliphatic rings. The van der Waals surface area contributed by atoms with Gasteiger partial charge in [0.15, 0.2) is 0 Å². The molecule has 1 aromatic heterocycles. The molecule has 1 aromatic rings. The normalized spacial score (nSPS) is 31.9. The lowest BCUT2D eigenvalue weighted by Gasteiger charge is -2.63. The zero-order valence-corrected chi connectivity index (χ0v) is 14.1. The average Bonchev–Trinajstić information content (AvgIpc) is 2.99. The molecule has 2 N–H and O–H groups in total. The number of carbonyl (C=O) groups is 1. The largest absolute Gasteiger partial charge is 0.377 e. The molecule has 4 rings (SSSR count). The summed E-state index contributed by atoms with van der Waals surface area (Å²) in [6.45, 7) is 4.83. The van der Waals surface area contributed by atoms with E-state index in [2.05, 4.69) is 15.7 Å². The summed E-state index contributed by atoms with van der Waals surface area (Å²) in [6.07, 6.45) is 7.08. The van der Waals surface area contributed by atoms with E-state index in [0.29, 0.717) is 12.0 Å². The van der Waals surface area contributed by atoms with E-state index in [0.717, 1.165) is 24.3 Å². The Morgan fingerprint density at radius 2 is 2.30 bits per heavy atom. The number of aryl methyl sites for hydroxylation is 2. The number of nitrogens with one attached hydrogen (secondary N) is 2. The van der Waals surface area contributed by atoms with E-state index >= 15 is 0 Å². The third-order valence-corrected chi connectivity index (χ3v) is 6.19. The van der Waals surface area contributed by atoms with Crippen LogP contribution in [-0.4, -0.2) is 34.6 Å². The molecule has 23 heavy (non-hydrogen) atoms. The van der Waals surface area contributed by atoms with Crippen molar-refractivity contribution in [2.45, 2.75) is 57.7 Å². The first-order chi connectivity index (χ1) is 11.0. The van der Waals surface area contributed by atoms with Gasteiger partial charge in [0.25, 0.3) is 0 Å². The summed E-state index contributed by atoms with van der Waals surface area (Å²) in [5, 5.41) is 10.7. The second-order valence-corrected chi connectivity index (χ2v) is 7.49. The van der Waals surface area contributed by atoms with E-state index in [-0.39, 0.29) is 23.5 Å². The third kappa shape index (κ3) is 2.18. The van der Waals surface area contributed by atoms with Gasteiger partial charge in [-0.3, -0.25) is 4.68 Å². The number of hydrogen-bond donors (Lipinski definition) is 2. The lowest BCUT2D eigenvalue weighted by atomic mass is 9.46. The molecule has 4 atom stereocenters. The van der Waals surface area contributed by atoms with Crippen LogP contribution in [0.15, 0.2) is 6.20 Å². The standard InChI is InChI=1S/C17H26N4O2/c1-10(13-9-21(3)20-11(13)2)18-16(22)19-14-12-5-8-23-15(12)17(14)6-4-7-17/h9-10,12,14-15H,4-8H2,1-3H3,(H2,18,19,22)/t10-,12+,14+,15-/m0/s1. The second-order valence-electron chi connectivity index (χ2n) is 7.49. The van der Waals surface area contributed by atoms with Crippen molar-refractivity contribution in [1.29, 1.82) is 0 Å². The molecule has 2 aliphatic carbocycles. The molecular weight excluding hydrogens is 292 g/mol. The fourth-order valence-electron chi connectivity index (χ4n) is 4.96. The highest BCUT2D eigenvalue weighted by Crippen LogP contribution is 2.62. The van der Waals surface area contributed by atoms with Gasteiger partial charge in [-0.2, -0.15) is 5.10 Å². The molecule has 126 valence electrons. The zero-order chi connectivity index (χ0) is 16.2. The number of rotatable bonds is 3. The van der Waals surface area contributed by atoms with Crippen LogP contribution in [0.2, 0.25) is 0 Å². The van der Waals surface area contributed by atoms with E-state index in [9.17, 15) is 4.79 Å². The van der Waals surface area contributed by atoms with Crippen molar-refractivity contribution in [1.82, 2.24) is 20.4 Å². The van der Waals surface area contributed by atoms with Gasteiger partial charge in [0.2, 0.25) is 0 Å². The van der Waals surface area contributed by atoms with Crippen molar-refractivity contribution in [3.63, 3.8) is 0 Å². The summed E-state index contributed by atoms with van der Waals surface area (Å²) in [5.41, 5.74) is 2.26. The SMILES string of the molecule is Cc1nn(C)cc1[C@H](C)NC(=O)N[C@@H]1[C@H]2CCO[C@@H]2C12CCC2. The predicted molar refractivity (Wildman–Crippen MR) is 85.9 cm³/mol. The molecule has 6 nitrogen and oxygen atoms in total. The number of hydrogen-bond acceptors (Lipinski definition) is 3. The van der Waals surface area contributed by atoms with E-state index in [1.54, 1.807) is 4.68 Å². The number of urea groups is 1. The van der Waals surface area contributed by atoms with Crippen molar-refractivity contribution in [2.75, 3.05) is 6.61 Å². The molecule has 2 saturated carbocycles. The van der Waals surface area contributed by atoms with Gasteiger partial charge in [-0.1, -0.05) is 6.42 Å². The number of carbonyl (C=O) groups excluding carboxylic acids is 1. The Morgan fingerprint density at radius 1 is 1.52 bits per heavy atom. The molecule has 0 unspecified atom stereocenters. The van der Waals surface area contributed by atoms with Gasteiger partial charge in [0, 0.05) is 42.8 Å². The van der Waals surface area contributed by atoms with Crippen LogP contribution >= 0.6 is 0 Å². The average molecular weight is 318 g/mol. The van der Waals surface area contributed by atoms with Crippen molar-refractivity contribution >= 4 is 6.03 Å². The van der Waals surface area contributed by atoms with E-state index in [1.165, 1.54) is 19.3 Å². The molecule has 6 heteroatoms. The van der Waals surface area contributed by atoms with Crippen LogP contribution in [0.1, 0.15) is 49.9 Å². The summed E-state index contributed by atoms with van der Waals surface area (Å²) in [4.78, 5) is 12.5. The Bertz CT molecular complexity index is 622. The summed E-state index contributed by atoms with van der Waals surface area (Å²) in [5.74, 6) is 0.511. The highest BCUT2D eigenvalue weighted by Gasteiger charge is 2.67. The van der Waals surface area contributed by atoms with Crippen LogP contribution < -0.4 is 10.6 Å². The minimum Gasteiger partial charge on any atom is -0.377 e. The van der Waals surface area contributed by atoms with Gasteiger partial charge in [0.1, 0.15) is 0 Å². The van der Waals surface area contributed by atoms with Crippen LogP contribution in [0.3, 0.4) is 0 Å². The van der Waals surface area contributed by atoms with Crippen LogP contribution in [0, 0.1) is 18.3 Å². The summed E-state index contributed by atoms with van der Waals surface area (Å²) >= 11 is 0. The molecule has 2 heterocycles. The molecule has 0 radical (unpaired) electrons. The molecule has 1 aliphatic heterocycles. The monoisotopic (exact) mass is 318 g/mol. The number of amides is 2. The molecule has 1 spiro atoms. The van der Waals surface area contributed by atoms with Gasteiger partial charge in [-0.25, -0.2) is 4.79 Å². The number of ether oxygens (including phenoxy) is 1. The molecule has 1 saturated heterocycles. The third-order valence-electron chi connectivity index (χ3n) is 6.19. The Kier molecular flexibility index (Phi) is 3.41. The molecule has 0 bridgehead atoms. The maximum atomic E-state index is 12.5. The van der Waals surface area contributed by atoms with Gasteiger partial charge < -0.3 is 15.4 Å². The predicted octanol–water partition coefficient (Wildman–Crippen LogP) is 2.05. The number of aromatic nitrogens is 2. The highest BCUT2D eigenvalue weighted by molar-refractivity contribution is 5.75.